The van der Waals surface area contributed by atoms with E-state index in [-0.39, 0.29) is 11.3 Å². The van der Waals surface area contributed by atoms with E-state index < -0.39 is 0 Å². The Morgan fingerprint density at radius 2 is 2.10 bits per heavy atom. The zero-order valence-electron chi connectivity index (χ0n) is 12.6. The fraction of sp³-hybridized carbons (Fsp3) is 0.688. The first-order chi connectivity index (χ1) is 10.2. The third kappa shape index (κ3) is 2.01. The van der Waals surface area contributed by atoms with Gasteiger partial charge in [-0.15, -0.1) is 0 Å². The number of carbonyl (C=O) groups excluding carboxylic acids is 1. The Hall–Kier alpha value is -1.65. The minimum atomic E-state index is -0.178. The Kier molecular flexibility index (Phi) is 2.91. The van der Waals surface area contributed by atoms with Crippen molar-refractivity contribution in [1.82, 2.24) is 15.3 Å². The van der Waals surface area contributed by atoms with Crippen molar-refractivity contribution >= 4 is 11.7 Å². The molecule has 5 heteroatoms. The molecular formula is C16H22N4O. The van der Waals surface area contributed by atoms with Gasteiger partial charge in [0.25, 0.3) is 0 Å². The summed E-state index contributed by atoms with van der Waals surface area (Å²) in [5.74, 6) is 2.21. The minimum Gasteiger partial charge on any atom is -0.356 e. The van der Waals surface area contributed by atoms with Gasteiger partial charge in [-0.2, -0.15) is 0 Å². The van der Waals surface area contributed by atoms with Crippen LogP contribution in [-0.4, -0.2) is 35.5 Å². The summed E-state index contributed by atoms with van der Waals surface area (Å²) in [5, 5.41) is 3.05. The maximum absolute atomic E-state index is 12.3. The van der Waals surface area contributed by atoms with Crippen molar-refractivity contribution in [2.75, 3.05) is 24.5 Å². The highest BCUT2D eigenvalue weighted by Crippen LogP contribution is 2.40. The summed E-state index contributed by atoms with van der Waals surface area (Å²) in [4.78, 5) is 24.0. The maximum Gasteiger partial charge on any atom is 0.228 e. The van der Waals surface area contributed by atoms with Crippen molar-refractivity contribution in [1.29, 1.82) is 0 Å². The highest BCUT2D eigenvalue weighted by Gasteiger charge is 2.46. The molecule has 3 heterocycles. The van der Waals surface area contributed by atoms with Crippen LogP contribution in [0.25, 0.3) is 0 Å². The number of hydrogen-bond acceptors (Lipinski definition) is 4. The van der Waals surface area contributed by atoms with Gasteiger partial charge in [-0.05, 0) is 45.4 Å². The first-order valence-electron chi connectivity index (χ1n) is 8.08. The molecule has 2 aliphatic heterocycles. The average molecular weight is 286 g/mol. The van der Waals surface area contributed by atoms with E-state index in [4.69, 9.17) is 4.98 Å². The van der Waals surface area contributed by atoms with Crippen molar-refractivity contribution in [3.63, 3.8) is 0 Å². The van der Waals surface area contributed by atoms with Crippen LogP contribution in [0.2, 0.25) is 0 Å². The van der Waals surface area contributed by atoms with Crippen molar-refractivity contribution in [2.24, 2.45) is 5.41 Å². The number of nitrogens with one attached hydrogen (secondary N) is 1. The molecule has 1 aliphatic carbocycles. The Balaban J connectivity index is 1.66. The van der Waals surface area contributed by atoms with Gasteiger partial charge in [0.15, 0.2) is 0 Å². The van der Waals surface area contributed by atoms with Crippen LogP contribution in [0.5, 0.6) is 0 Å². The molecule has 0 saturated carbocycles. The predicted molar refractivity (Wildman–Crippen MR) is 80.3 cm³/mol. The lowest BCUT2D eigenvalue weighted by molar-refractivity contribution is -0.132. The quantitative estimate of drug-likeness (QED) is 0.847. The lowest BCUT2D eigenvalue weighted by Gasteiger charge is -2.32. The van der Waals surface area contributed by atoms with Gasteiger partial charge in [0.1, 0.15) is 11.6 Å². The predicted octanol–water partition coefficient (Wildman–Crippen LogP) is 1.38. The molecule has 1 N–H and O–H groups in total. The lowest BCUT2D eigenvalue weighted by atomic mass is 9.79. The summed E-state index contributed by atoms with van der Waals surface area (Å²) < 4.78 is 0. The summed E-state index contributed by atoms with van der Waals surface area (Å²) in [6.45, 7) is 4.57. The SMILES string of the molecule is Cc1nc2c(c(N3CC[C@]4(CCCNC4=O)C3)n1)CCC2. The topological polar surface area (TPSA) is 58.1 Å². The summed E-state index contributed by atoms with van der Waals surface area (Å²) in [7, 11) is 0. The molecule has 0 bridgehead atoms. The van der Waals surface area contributed by atoms with E-state index in [2.05, 4.69) is 15.2 Å². The molecule has 1 aromatic heterocycles. The van der Waals surface area contributed by atoms with Crippen LogP contribution in [0, 0.1) is 12.3 Å². The number of aromatic nitrogens is 2. The van der Waals surface area contributed by atoms with Gasteiger partial charge in [0, 0.05) is 30.9 Å². The van der Waals surface area contributed by atoms with Crippen molar-refractivity contribution in [3.8, 4) is 0 Å². The Morgan fingerprint density at radius 1 is 1.19 bits per heavy atom. The highest BCUT2D eigenvalue weighted by molar-refractivity contribution is 5.84. The molecule has 21 heavy (non-hydrogen) atoms. The fourth-order valence-electron chi connectivity index (χ4n) is 4.17. The molecule has 3 aliphatic rings. The monoisotopic (exact) mass is 286 g/mol. The second-order valence-electron chi connectivity index (χ2n) is 6.68. The van der Waals surface area contributed by atoms with Crippen molar-refractivity contribution < 1.29 is 4.79 Å². The van der Waals surface area contributed by atoms with E-state index in [0.717, 1.165) is 63.4 Å². The van der Waals surface area contributed by atoms with Crippen LogP contribution in [0.15, 0.2) is 0 Å². The van der Waals surface area contributed by atoms with Gasteiger partial charge in [-0.3, -0.25) is 4.79 Å². The van der Waals surface area contributed by atoms with Crippen LogP contribution < -0.4 is 10.2 Å². The molecule has 1 amide bonds. The number of fused-ring (bicyclic) bond motifs is 1. The highest BCUT2D eigenvalue weighted by atomic mass is 16.2. The number of hydrogen-bond donors (Lipinski definition) is 1. The van der Waals surface area contributed by atoms with Gasteiger partial charge >= 0.3 is 0 Å². The first-order valence-corrected chi connectivity index (χ1v) is 8.08. The van der Waals surface area contributed by atoms with Crippen molar-refractivity contribution in [3.05, 3.63) is 17.1 Å². The summed E-state index contributed by atoms with van der Waals surface area (Å²) in [6, 6.07) is 0. The zero-order chi connectivity index (χ0) is 14.4. The zero-order valence-corrected chi connectivity index (χ0v) is 12.6. The van der Waals surface area contributed by atoms with Gasteiger partial charge in [0.2, 0.25) is 5.91 Å². The van der Waals surface area contributed by atoms with Crippen LogP contribution in [0.3, 0.4) is 0 Å². The number of amides is 1. The molecular weight excluding hydrogens is 264 g/mol. The number of piperidine rings is 1. The standard InChI is InChI=1S/C16H22N4O/c1-11-18-13-5-2-4-12(13)14(19-11)20-9-7-16(10-20)6-3-8-17-15(16)21/h2-10H2,1H3,(H,17,21)/t16-/m1/s1. The number of carbonyl (C=O) groups is 1. The van der Waals surface area contributed by atoms with E-state index in [9.17, 15) is 4.79 Å². The number of anilines is 1. The smallest absolute Gasteiger partial charge is 0.228 e. The molecule has 2 fully saturated rings. The molecule has 0 radical (unpaired) electrons. The van der Waals surface area contributed by atoms with E-state index in [1.54, 1.807) is 0 Å². The second-order valence-corrected chi connectivity index (χ2v) is 6.68. The molecule has 1 aromatic rings. The van der Waals surface area contributed by atoms with E-state index in [1.807, 2.05) is 6.92 Å². The number of nitrogens with zero attached hydrogens (tertiary/aromatic N) is 3. The maximum atomic E-state index is 12.3. The average Bonchev–Trinajstić information content (AvgIpc) is 3.09. The Bertz CT molecular complexity index is 600. The van der Waals surface area contributed by atoms with Crippen LogP contribution in [0.1, 0.15) is 42.8 Å². The summed E-state index contributed by atoms with van der Waals surface area (Å²) >= 11 is 0. The number of aryl methyl sites for hydroxylation is 2. The second kappa shape index (κ2) is 4.68. The third-order valence-electron chi connectivity index (χ3n) is 5.28. The largest absolute Gasteiger partial charge is 0.356 e. The van der Waals surface area contributed by atoms with Crippen LogP contribution >= 0.6 is 0 Å². The molecule has 1 spiro atoms. The Morgan fingerprint density at radius 3 is 2.95 bits per heavy atom. The van der Waals surface area contributed by atoms with Crippen LogP contribution in [0.4, 0.5) is 5.82 Å². The van der Waals surface area contributed by atoms with E-state index in [1.165, 1.54) is 17.7 Å². The van der Waals surface area contributed by atoms with E-state index in [0.29, 0.717) is 0 Å². The minimum absolute atomic E-state index is 0.178. The Labute approximate surface area is 125 Å². The molecule has 4 rings (SSSR count). The molecule has 0 unspecified atom stereocenters. The molecule has 5 nitrogen and oxygen atoms in total. The normalized spacial score (nSPS) is 28.0. The summed E-state index contributed by atoms with van der Waals surface area (Å²) in [6.07, 6.45) is 6.41. The first kappa shape index (κ1) is 13.0. The fourth-order valence-corrected chi connectivity index (χ4v) is 4.17. The van der Waals surface area contributed by atoms with Crippen molar-refractivity contribution in [2.45, 2.75) is 45.4 Å². The van der Waals surface area contributed by atoms with E-state index >= 15 is 0 Å². The molecule has 2 saturated heterocycles. The van der Waals surface area contributed by atoms with Crippen LogP contribution in [-0.2, 0) is 17.6 Å². The van der Waals surface area contributed by atoms with Gasteiger partial charge in [0.05, 0.1) is 5.41 Å². The van der Waals surface area contributed by atoms with Gasteiger partial charge < -0.3 is 10.2 Å². The summed E-state index contributed by atoms with van der Waals surface area (Å²) in [5.41, 5.74) is 2.38. The van der Waals surface area contributed by atoms with Gasteiger partial charge in [-0.25, -0.2) is 9.97 Å². The molecule has 0 aromatic carbocycles. The number of rotatable bonds is 1. The molecule has 1 atom stereocenters. The third-order valence-corrected chi connectivity index (χ3v) is 5.28. The van der Waals surface area contributed by atoms with Gasteiger partial charge in [-0.1, -0.05) is 0 Å². The molecule has 112 valence electrons. The lowest BCUT2D eigenvalue weighted by Crippen LogP contribution is -2.47.